The van der Waals surface area contributed by atoms with Crippen LogP contribution in [0.3, 0.4) is 0 Å². The predicted octanol–water partition coefficient (Wildman–Crippen LogP) is 5.09. The molecule has 1 nitrogen and oxygen atoms in total. The number of rotatable bonds is 2. The first kappa shape index (κ1) is 14.7. The van der Waals surface area contributed by atoms with E-state index in [1.807, 2.05) is 0 Å². The van der Waals surface area contributed by atoms with Gasteiger partial charge < -0.3 is 0 Å². The molecule has 0 aliphatic heterocycles. The van der Waals surface area contributed by atoms with E-state index in [0.29, 0.717) is 0 Å². The molecule has 104 valence electrons. The molecule has 0 spiro atoms. The number of benzene rings is 1. The van der Waals surface area contributed by atoms with E-state index in [1.54, 1.807) is 0 Å². The van der Waals surface area contributed by atoms with E-state index in [-0.39, 0.29) is 24.3 Å². The SMILES string of the molecule is O=C(c1ccc(S(F)(F)(F)(F)F)cc1)C(F)(F)F. The molecule has 1 aromatic rings. The molecule has 0 radical (unpaired) electrons. The van der Waals surface area contributed by atoms with Crippen molar-refractivity contribution in [1.82, 2.24) is 0 Å². The molecule has 0 amide bonds. The van der Waals surface area contributed by atoms with Crippen LogP contribution in [0.5, 0.6) is 0 Å². The van der Waals surface area contributed by atoms with Crippen molar-refractivity contribution >= 4 is 16.0 Å². The van der Waals surface area contributed by atoms with Crippen LogP contribution in [0.4, 0.5) is 32.6 Å². The molecule has 0 fully saturated rings. The summed E-state index contributed by atoms with van der Waals surface area (Å²) in [6, 6.07) is -0.382. The Bertz CT molecular complexity index is 482. The fourth-order valence-electron chi connectivity index (χ4n) is 1.03. The second kappa shape index (κ2) is 3.16. The fraction of sp³-hybridized carbons (Fsp3) is 0.125. The largest absolute Gasteiger partial charge is 0.454 e. The Morgan fingerprint density at radius 3 is 1.56 bits per heavy atom. The van der Waals surface area contributed by atoms with Gasteiger partial charge in [0.05, 0.1) is 0 Å². The molecule has 0 N–H and O–H groups in total. The third-order valence-electron chi connectivity index (χ3n) is 1.82. The van der Waals surface area contributed by atoms with Crippen molar-refractivity contribution in [2.45, 2.75) is 11.1 Å². The number of ketones is 1. The van der Waals surface area contributed by atoms with Crippen LogP contribution in [0, 0.1) is 0 Å². The Morgan fingerprint density at radius 2 is 1.28 bits per heavy atom. The first-order valence-corrected chi connectivity index (χ1v) is 6.02. The monoisotopic (exact) mass is 300 g/mol. The van der Waals surface area contributed by atoms with Gasteiger partial charge in [-0.15, -0.1) is 0 Å². The summed E-state index contributed by atoms with van der Waals surface area (Å²) < 4.78 is 96.8. The minimum absolute atomic E-state index is 0.0586. The van der Waals surface area contributed by atoms with E-state index in [4.69, 9.17) is 0 Å². The topological polar surface area (TPSA) is 17.1 Å². The van der Waals surface area contributed by atoms with E-state index in [9.17, 15) is 37.4 Å². The molecule has 18 heavy (non-hydrogen) atoms. The zero-order chi connectivity index (χ0) is 14.5. The van der Waals surface area contributed by atoms with Crippen molar-refractivity contribution in [3.8, 4) is 0 Å². The quantitative estimate of drug-likeness (QED) is 0.549. The lowest BCUT2D eigenvalue weighted by atomic mass is 10.1. The van der Waals surface area contributed by atoms with Gasteiger partial charge in [-0.2, -0.15) is 13.2 Å². The van der Waals surface area contributed by atoms with Crippen LogP contribution in [0.1, 0.15) is 10.4 Å². The highest BCUT2D eigenvalue weighted by Crippen LogP contribution is 3.02. The molecule has 1 rings (SSSR count). The summed E-state index contributed by atoms with van der Waals surface area (Å²) in [6.45, 7) is 0. The summed E-state index contributed by atoms with van der Waals surface area (Å²) in [7, 11) is -9.93. The molecule has 0 unspecified atom stereocenters. The maximum absolute atomic E-state index is 12.2. The lowest BCUT2D eigenvalue weighted by molar-refractivity contribution is -0.0885. The van der Waals surface area contributed by atoms with Gasteiger partial charge in [0, 0.05) is 5.56 Å². The van der Waals surface area contributed by atoms with E-state index in [2.05, 4.69) is 0 Å². The van der Waals surface area contributed by atoms with Gasteiger partial charge in [0.1, 0.15) is 4.90 Å². The molecule has 0 atom stereocenters. The van der Waals surface area contributed by atoms with Gasteiger partial charge in [-0.3, -0.25) is 4.79 Å². The van der Waals surface area contributed by atoms with Crippen LogP contribution >= 0.6 is 10.2 Å². The summed E-state index contributed by atoms with van der Waals surface area (Å²) in [4.78, 5) is 8.25. The van der Waals surface area contributed by atoms with Crippen molar-refractivity contribution in [2.75, 3.05) is 0 Å². The van der Waals surface area contributed by atoms with Gasteiger partial charge in [0.25, 0.3) is 5.78 Å². The van der Waals surface area contributed by atoms with Gasteiger partial charge in [-0.05, 0) is 24.3 Å². The number of hydrogen-bond donors (Lipinski definition) is 0. The Hall–Kier alpha value is -1.32. The molecular weight excluding hydrogens is 296 g/mol. The summed E-state index contributed by atoms with van der Waals surface area (Å²) in [5.41, 5.74) is -1.15. The van der Waals surface area contributed by atoms with Gasteiger partial charge in [0.15, 0.2) is 0 Å². The van der Waals surface area contributed by atoms with Crippen molar-refractivity contribution < 1.29 is 37.4 Å². The Balaban J connectivity index is 3.22. The standard InChI is InChI=1S/C8H4F8OS/c9-8(10,11)7(17)5-1-3-6(4-2-5)18(12,13,14,15)16/h1-4H. The Labute approximate surface area is 95.1 Å². The first-order chi connectivity index (χ1) is 7.61. The summed E-state index contributed by atoms with van der Waals surface area (Å²) in [5.74, 6) is -2.41. The molecule has 10 heteroatoms. The smallest absolute Gasteiger partial charge is 0.284 e. The second-order valence-electron chi connectivity index (χ2n) is 3.32. The molecule has 0 heterocycles. The van der Waals surface area contributed by atoms with Crippen LogP contribution in [0.15, 0.2) is 29.2 Å². The zero-order valence-corrected chi connectivity index (χ0v) is 8.97. The summed E-state index contributed by atoms with van der Waals surface area (Å²) in [5, 5.41) is 0. The third-order valence-corrected chi connectivity index (χ3v) is 2.98. The van der Waals surface area contributed by atoms with E-state index in [0.717, 1.165) is 0 Å². The van der Waals surface area contributed by atoms with Crippen molar-refractivity contribution in [3.63, 3.8) is 0 Å². The average Bonchev–Trinajstić information content (AvgIpc) is 2.12. The Morgan fingerprint density at radius 1 is 0.889 bits per heavy atom. The van der Waals surface area contributed by atoms with Crippen LogP contribution in [0.25, 0.3) is 0 Å². The van der Waals surface area contributed by atoms with E-state index >= 15 is 0 Å². The van der Waals surface area contributed by atoms with Gasteiger partial charge in [-0.25, -0.2) is 0 Å². The van der Waals surface area contributed by atoms with Gasteiger partial charge in [-0.1, -0.05) is 19.4 Å². The maximum atomic E-state index is 12.2. The van der Waals surface area contributed by atoms with Crippen LogP contribution in [-0.4, -0.2) is 12.0 Å². The minimum atomic E-state index is -9.93. The molecule has 1 aromatic carbocycles. The predicted molar refractivity (Wildman–Crippen MR) is 48.2 cm³/mol. The average molecular weight is 300 g/mol. The zero-order valence-electron chi connectivity index (χ0n) is 8.15. The van der Waals surface area contributed by atoms with Crippen molar-refractivity contribution in [3.05, 3.63) is 29.8 Å². The summed E-state index contributed by atoms with van der Waals surface area (Å²) in [6.07, 6.45) is -5.28. The van der Waals surface area contributed by atoms with Crippen molar-refractivity contribution in [2.24, 2.45) is 0 Å². The third kappa shape index (κ3) is 3.34. The highest BCUT2D eigenvalue weighted by atomic mass is 32.5. The van der Waals surface area contributed by atoms with Crippen LogP contribution in [-0.2, 0) is 0 Å². The number of hydrogen-bond acceptors (Lipinski definition) is 1. The number of halogens is 8. The molecule has 0 saturated heterocycles. The highest BCUT2D eigenvalue weighted by molar-refractivity contribution is 8.45. The maximum Gasteiger partial charge on any atom is 0.454 e. The molecular formula is C8H4F8OS. The number of Topliss-reactive ketones (excluding diaryl/α,β-unsaturated/α-hetero) is 1. The normalized spacial score (nSPS) is 16.9. The number of alkyl halides is 3. The molecule has 0 aliphatic rings. The van der Waals surface area contributed by atoms with E-state index in [1.165, 1.54) is 0 Å². The number of carbonyl (C=O) groups is 1. The van der Waals surface area contributed by atoms with Gasteiger partial charge >= 0.3 is 16.4 Å². The van der Waals surface area contributed by atoms with Crippen molar-refractivity contribution in [1.29, 1.82) is 0 Å². The fourth-order valence-corrected chi connectivity index (χ4v) is 1.68. The Kier molecular flexibility index (Phi) is 2.59. The van der Waals surface area contributed by atoms with Crippen LogP contribution in [0.2, 0.25) is 0 Å². The first-order valence-electron chi connectivity index (χ1n) is 4.07. The van der Waals surface area contributed by atoms with Gasteiger partial charge in [0.2, 0.25) is 0 Å². The minimum Gasteiger partial charge on any atom is -0.284 e. The number of carbonyl (C=O) groups excluding carboxylic acids is 1. The molecule has 0 bridgehead atoms. The molecule has 0 aromatic heterocycles. The second-order valence-corrected chi connectivity index (χ2v) is 5.73. The molecule has 0 saturated carbocycles. The summed E-state index contributed by atoms with van der Waals surface area (Å²) >= 11 is 0. The van der Waals surface area contributed by atoms with E-state index < -0.39 is 32.6 Å². The molecule has 0 aliphatic carbocycles. The van der Waals surface area contributed by atoms with Crippen LogP contribution < -0.4 is 0 Å². The highest BCUT2D eigenvalue weighted by Gasteiger charge is 2.65. The lowest BCUT2D eigenvalue weighted by Gasteiger charge is -2.40. The lowest BCUT2D eigenvalue weighted by Crippen LogP contribution is -2.22.